The van der Waals surface area contributed by atoms with Crippen LogP contribution in [0.15, 0.2) is 16.5 Å². The molecule has 1 heterocycles. The van der Waals surface area contributed by atoms with Crippen molar-refractivity contribution in [3.63, 3.8) is 0 Å². The molecule has 1 fully saturated rings. The Balaban J connectivity index is 1.86. The van der Waals surface area contributed by atoms with Crippen molar-refractivity contribution in [3.05, 3.63) is 23.7 Å². The van der Waals surface area contributed by atoms with Crippen molar-refractivity contribution in [3.8, 4) is 0 Å². The van der Waals surface area contributed by atoms with Gasteiger partial charge in [-0.05, 0) is 44.4 Å². The Morgan fingerprint density at radius 3 is 2.89 bits per heavy atom. The molecule has 0 bridgehead atoms. The maximum Gasteiger partial charge on any atom is 0.223 e. The van der Waals surface area contributed by atoms with Crippen molar-refractivity contribution in [2.75, 3.05) is 6.54 Å². The summed E-state index contributed by atoms with van der Waals surface area (Å²) in [6.45, 7) is 2.98. The molecule has 2 rings (SSSR count). The zero-order chi connectivity index (χ0) is 13.0. The third kappa shape index (κ3) is 3.13. The second-order valence-electron chi connectivity index (χ2n) is 5.12. The van der Waals surface area contributed by atoms with E-state index in [4.69, 9.17) is 10.2 Å². The second kappa shape index (κ2) is 6.05. The lowest BCUT2D eigenvalue weighted by atomic mass is 9.79. The third-order valence-corrected chi connectivity index (χ3v) is 3.78. The van der Waals surface area contributed by atoms with E-state index >= 15 is 0 Å². The van der Waals surface area contributed by atoms with Gasteiger partial charge in [0.25, 0.3) is 0 Å². The monoisotopic (exact) mass is 250 g/mol. The maximum absolute atomic E-state index is 12.1. The number of furan rings is 1. The predicted octanol–water partition coefficient (Wildman–Crippen LogP) is 1.97. The molecule has 1 saturated carbocycles. The van der Waals surface area contributed by atoms with Crippen molar-refractivity contribution in [1.82, 2.24) is 5.32 Å². The maximum atomic E-state index is 12.1. The Bertz CT molecular complexity index is 400. The van der Waals surface area contributed by atoms with Crippen molar-refractivity contribution >= 4 is 5.91 Å². The lowest BCUT2D eigenvalue weighted by Gasteiger charge is -2.29. The molecule has 100 valence electrons. The smallest absolute Gasteiger partial charge is 0.223 e. The van der Waals surface area contributed by atoms with Gasteiger partial charge in [-0.15, -0.1) is 0 Å². The lowest BCUT2D eigenvalue weighted by molar-refractivity contribution is -0.127. The van der Waals surface area contributed by atoms with Crippen molar-refractivity contribution in [2.45, 2.75) is 39.2 Å². The minimum Gasteiger partial charge on any atom is -0.465 e. The fourth-order valence-electron chi connectivity index (χ4n) is 2.72. The molecule has 2 unspecified atom stereocenters. The van der Waals surface area contributed by atoms with E-state index < -0.39 is 0 Å². The van der Waals surface area contributed by atoms with Gasteiger partial charge in [0.05, 0.1) is 6.54 Å². The SMILES string of the molecule is Cc1ccc(CNC(=O)C2CCCCC2CN)o1. The average Bonchev–Trinajstić information content (AvgIpc) is 2.81. The fraction of sp³-hybridized carbons (Fsp3) is 0.643. The van der Waals surface area contributed by atoms with Gasteiger partial charge in [0.15, 0.2) is 0 Å². The molecule has 0 saturated heterocycles. The number of nitrogens with two attached hydrogens (primary N) is 1. The third-order valence-electron chi connectivity index (χ3n) is 3.78. The van der Waals surface area contributed by atoms with Gasteiger partial charge in [-0.25, -0.2) is 0 Å². The van der Waals surface area contributed by atoms with Gasteiger partial charge in [-0.2, -0.15) is 0 Å². The largest absolute Gasteiger partial charge is 0.465 e. The number of aryl methyl sites for hydroxylation is 1. The van der Waals surface area contributed by atoms with Crippen LogP contribution in [0.3, 0.4) is 0 Å². The first-order chi connectivity index (χ1) is 8.70. The number of hydrogen-bond acceptors (Lipinski definition) is 3. The number of nitrogens with one attached hydrogen (secondary N) is 1. The van der Waals surface area contributed by atoms with Crippen LogP contribution in [0.4, 0.5) is 0 Å². The van der Waals surface area contributed by atoms with Crippen LogP contribution in [0.2, 0.25) is 0 Å². The molecular weight excluding hydrogens is 228 g/mol. The van der Waals surface area contributed by atoms with Gasteiger partial charge in [-0.3, -0.25) is 4.79 Å². The molecular formula is C14H22N2O2. The van der Waals surface area contributed by atoms with E-state index in [0.29, 0.717) is 19.0 Å². The van der Waals surface area contributed by atoms with Crippen LogP contribution < -0.4 is 11.1 Å². The highest BCUT2D eigenvalue weighted by atomic mass is 16.3. The highest BCUT2D eigenvalue weighted by Gasteiger charge is 2.29. The van der Waals surface area contributed by atoms with E-state index in [2.05, 4.69) is 5.32 Å². The van der Waals surface area contributed by atoms with Gasteiger partial charge in [0, 0.05) is 5.92 Å². The molecule has 1 aromatic rings. The molecule has 18 heavy (non-hydrogen) atoms. The minimum absolute atomic E-state index is 0.0832. The predicted molar refractivity (Wildman–Crippen MR) is 69.8 cm³/mol. The van der Waals surface area contributed by atoms with Crippen LogP contribution in [0.1, 0.15) is 37.2 Å². The van der Waals surface area contributed by atoms with Crippen molar-refractivity contribution < 1.29 is 9.21 Å². The zero-order valence-corrected chi connectivity index (χ0v) is 10.9. The van der Waals surface area contributed by atoms with Crippen LogP contribution in [0.5, 0.6) is 0 Å². The Kier molecular flexibility index (Phi) is 4.42. The number of carbonyl (C=O) groups is 1. The van der Waals surface area contributed by atoms with Crippen molar-refractivity contribution in [1.29, 1.82) is 0 Å². The summed E-state index contributed by atoms with van der Waals surface area (Å²) in [5, 5.41) is 2.96. The highest BCUT2D eigenvalue weighted by Crippen LogP contribution is 2.29. The molecule has 1 amide bonds. The summed E-state index contributed by atoms with van der Waals surface area (Å²) < 4.78 is 5.43. The summed E-state index contributed by atoms with van der Waals surface area (Å²) in [6, 6.07) is 3.81. The van der Waals surface area contributed by atoms with Gasteiger partial charge < -0.3 is 15.5 Å². The molecule has 0 radical (unpaired) electrons. The van der Waals surface area contributed by atoms with Crippen molar-refractivity contribution in [2.24, 2.45) is 17.6 Å². The van der Waals surface area contributed by atoms with E-state index in [9.17, 15) is 4.79 Å². The molecule has 0 aromatic carbocycles. The molecule has 4 nitrogen and oxygen atoms in total. The molecule has 1 aliphatic rings. The first kappa shape index (κ1) is 13.1. The first-order valence-electron chi connectivity index (χ1n) is 6.74. The van der Waals surface area contributed by atoms with E-state index in [-0.39, 0.29) is 11.8 Å². The molecule has 4 heteroatoms. The molecule has 0 aliphatic heterocycles. The fourth-order valence-corrected chi connectivity index (χ4v) is 2.72. The summed E-state index contributed by atoms with van der Waals surface area (Å²) in [5.74, 6) is 2.23. The molecule has 3 N–H and O–H groups in total. The van der Waals surface area contributed by atoms with Gasteiger partial charge in [-0.1, -0.05) is 12.8 Å². The van der Waals surface area contributed by atoms with Crippen LogP contribution in [0.25, 0.3) is 0 Å². The molecule has 1 aromatic heterocycles. The van der Waals surface area contributed by atoms with Gasteiger partial charge >= 0.3 is 0 Å². The average molecular weight is 250 g/mol. The number of rotatable bonds is 4. The van der Waals surface area contributed by atoms with Crippen LogP contribution in [-0.4, -0.2) is 12.5 Å². The summed E-state index contributed by atoms with van der Waals surface area (Å²) in [6.07, 6.45) is 4.37. The Morgan fingerprint density at radius 1 is 1.44 bits per heavy atom. The van der Waals surface area contributed by atoms with E-state index in [1.807, 2.05) is 19.1 Å². The number of amides is 1. The Hall–Kier alpha value is -1.29. The topological polar surface area (TPSA) is 68.3 Å². The first-order valence-corrected chi connectivity index (χ1v) is 6.74. The summed E-state index contributed by atoms with van der Waals surface area (Å²) in [4.78, 5) is 12.1. The number of carbonyl (C=O) groups excluding carboxylic acids is 1. The van der Waals surface area contributed by atoms with Gasteiger partial charge in [0.1, 0.15) is 11.5 Å². The molecule has 1 aliphatic carbocycles. The Labute approximate surface area is 108 Å². The lowest BCUT2D eigenvalue weighted by Crippen LogP contribution is -2.39. The van der Waals surface area contributed by atoms with E-state index in [1.165, 1.54) is 6.42 Å². The minimum atomic E-state index is 0.0832. The van der Waals surface area contributed by atoms with Crippen LogP contribution in [-0.2, 0) is 11.3 Å². The second-order valence-corrected chi connectivity index (χ2v) is 5.12. The van der Waals surface area contributed by atoms with Crippen LogP contribution >= 0.6 is 0 Å². The molecule has 0 spiro atoms. The Morgan fingerprint density at radius 2 is 2.22 bits per heavy atom. The van der Waals surface area contributed by atoms with Crippen LogP contribution in [0, 0.1) is 18.8 Å². The summed E-state index contributed by atoms with van der Waals surface area (Å²) >= 11 is 0. The van der Waals surface area contributed by atoms with Gasteiger partial charge in [0.2, 0.25) is 5.91 Å². The van der Waals surface area contributed by atoms with E-state index in [0.717, 1.165) is 30.8 Å². The highest BCUT2D eigenvalue weighted by molar-refractivity contribution is 5.79. The zero-order valence-electron chi connectivity index (χ0n) is 10.9. The quantitative estimate of drug-likeness (QED) is 0.858. The molecule has 2 atom stereocenters. The standard InChI is InChI=1S/C14H22N2O2/c1-10-6-7-12(18-10)9-16-14(17)13-5-3-2-4-11(13)8-15/h6-7,11,13H,2-5,8-9,15H2,1H3,(H,16,17). The summed E-state index contributed by atoms with van der Waals surface area (Å²) in [5.41, 5.74) is 5.74. The summed E-state index contributed by atoms with van der Waals surface area (Å²) in [7, 11) is 0. The normalized spacial score (nSPS) is 23.9. The van der Waals surface area contributed by atoms with E-state index in [1.54, 1.807) is 0 Å². The number of hydrogen-bond donors (Lipinski definition) is 2.